The number of hydrogen-bond donors (Lipinski definition) is 2. The summed E-state index contributed by atoms with van der Waals surface area (Å²) in [6.45, 7) is 0. The molecular weight excluding hydrogens is 234 g/mol. The van der Waals surface area contributed by atoms with Crippen LogP contribution >= 0.6 is 11.6 Å². The zero-order valence-corrected chi connectivity index (χ0v) is 8.49. The van der Waals surface area contributed by atoms with Crippen molar-refractivity contribution >= 4 is 21.7 Å². The first-order chi connectivity index (χ1) is 6.46. The van der Waals surface area contributed by atoms with Gasteiger partial charge in [0.1, 0.15) is 5.75 Å². The Kier molecular flexibility index (Phi) is 3.12. The Morgan fingerprint density at radius 3 is 2.29 bits per heavy atom. The molecule has 0 aliphatic rings. The van der Waals surface area contributed by atoms with Gasteiger partial charge < -0.3 is 10.2 Å². The van der Waals surface area contributed by atoms with Crippen LogP contribution in [0.15, 0.2) is 12.1 Å². The molecular formula is C6H8ClNO5S. The van der Waals surface area contributed by atoms with Crippen molar-refractivity contribution in [3.05, 3.63) is 12.1 Å². The lowest BCUT2D eigenvalue weighted by molar-refractivity contribution is 0.203. The van der Waals surface area contributed by atoms with Crippen LogP contribution in [0.3, 0.4) is 0 Å². The van der Waals surface area contributed by atoms with E-state index in [4.69, 9.17) is 21.8 Å². The fourth-order valence-electron chi connectivity index (χ4n) is 0.724. The number of nitrogens with zero attached hydrogens (tertiary/aromatic N) is 1. The van der Waals surface area contributed by atoms with Crippen molar-refractivity contribution in [3.8, 4) is 11.8 Å². The maximum Gasteiger partial charge on any atom is 0.328 e. The van der Waals surface area contributed by atoms with Gasteiger partial charge in [-0.3, -0.25) is 4.28 Å². The first-order valence-corrected chi connectivity index (χ1v) is 5.66. The molecule has 0 aromatic carbocycles. The van der Waals surface area contributed by atoms with E-state index in [2.05, 4.69) is 4.28 Å². The Balaban J connectivity index is 2.89. The van der Waals surface area contributed by atoms with Crippen LogP contribution in [0.4, 0.5) is 0 Å². The average Bonchev–Trinajstić information content (AvgIpc) is 2.35. The van der Waals surface area contributed by atoms with Crippen molar-refractivity contribution in [1.82, 2.24) is 4.73 Å². The van der Waals surface area contributed by atoms with Gasteiger partial charge in [-0.1, -0.05) is 4.73 Å². The summed E-state index contributed by atoms with van der Waals surface area (Å²) in [5.41, 5.74) is 0. The highest BCUT2D eigenvalue weighted by Gasteiger charge is 2.16. The molecule has 0 aliphatic carbocycles. The van der Waals surface area contributed by atoms with Crippen molar-refractivity contribution in [3.63, 3.8) is 0 Å². The van der Waals surface area contributed by atoms with Crippen LogP contribution in [0, 0.1) is 0 Å². The topological polar surface area (TPSA) is 88.8 Å². The molecule has 0 radical (unpaired) electrons. The van der Waals surface area contributed by atoms with Gasteiger partial charge >= 0.3 is 10.1 Å². The zero-order valence-electron chi connectivity index (χ0n) is 6.92. The normalized spacial score (nSPS) is 11.5. The van der Waals surface area contributed by atoms with E-state index >= 15 is 0 Å². The molecule has 0 saturated carbocycles. The van der Waals surface area contributed by atoms with Crippen molar-refractivity contribution < 1.29 is 22.9 Å². The van der Waals surface area contributed by atoms with Gasteiger partial charge in [0.15, 0.2) is 0 Å². The molecule has 1 aromatic rings. The van der Waals surface area contributed by atoms with E-state index in [1.807, 2.05) is 0 Å². The van der Waals surface area contributed by atoms with Crippen LogP contribution in [0.1, 0.15) is 0 Å². The smallest absolute Gasteiger partial charge is 0.328 e. The maximum atomic E-state index is 11.1. The Bertz CT molecular complexity index is 392. The SMILES string of the molecule is O=S(=O)(CCCl)On1c(O)ccc1O. The third kappa shape index (κ3) is 2.46. The van der Waals surface area contributed by atoms with Crippen LogP contribution in [0.25, 0.3) is 0 Å². The molecule has 1 rings (SSSR count). The average molecular weight is 242 g/mol. The molecule has 80 valence electrons. The molecule has 0 saturated heterocycles. The lowest BCUT2D eigenvalue weighted by Gasteiger charge is -2.07. The molecule has 0 fully saturated rings. The first kappa shape index (κ1) is 11.0. The van der Waals surface area contributed by atoms with Gasteiger partial charge in [0.25, 0.3) is 0 Å². The third-order valence-corrected chi connectivity index (χ3v) is 2.81. The minimum absolute atomic E-state index is 0.134. The van der Waals surface area contributed by atoms with E-state index in [0.29, 0.717) is 4.73 Å². The van der Waals surface area contributed by atoms with E-state index in [9.17, 15) is 8.42 Å². The summed E-state index contributed by atoms with van der Waals surface area (Å²) in [7, 11) is -3.89. The van der Waals surface area contributed by atoms with Gasteiger partial charge in [0.05, 0.1) is 0 Å². The number of halogens is 1. The molecule has 6 nitrogen and oxygen atoms in total. The second-order valence-corrected chi connectivity index (χ2v) is 4.42. The maximum absolute atomic E-state index is 11.1. The lowest BCUT2D eigenvalue weighted by Crippen LogP contribution is -2.22. The Hall–Kier alpha value is -1.08. The second kappa shape index (κ2) is 3.97. The van der Waals surface area contributed by atoms with Crippen LogP contribution in [-0.4, -0.2) is 35.0 Å². The predicted octanol–water partition coefficient (Wildman–Crippen LogP) is -0.104. The van der Waals surface area contributed by atoms with Gasteiger partial charge in [-0.2, -0.15) is 8.42 Å². The quantitative estimate of drug-likeness (QED) is 0.719. The van der Waals surface area contributed by atoms with E-state index < -0.39 is 27.6 Å². The molecule has 2 N–H and O–H groups in total. The summed E-state index contributed by atoms with van der Waals surface area (Å²) in [5, 5.41) is 18.1. The standard InChI is InChI=1S/C6H8ClNO5S/c7-3-4-14(11,12)13-8-5(9)1-2-6(8)10/h1-2,9-10H,3-4H2. The van der Waals surface area contributed by atoms with Crippen molar-refractivity contribution in [1.29, 1.82) is 0 Å². The highest BCUT2D eigenvalue weighted by Crippen LogP contribution is 2.19. The number of hydrogen-bond acceptors (Lipinski definition) is 5. The lowest BCUT2D eigenvalue weighted by atomic mass is 10.6. The first-order valence-electron chi connectivity index (χ1n) is 3.54. The van der Waals surface area contributed by atoms with Crippen LogP contribution in [0.5, 0.6) is 11.8 Å². The Morgan fingerprint density at radius 2 is 1.86 bits per heavy atom. The van der Waals surface area contributed by atoms with E-state index in [0.717, 1.165) is 12.1 Å². The molecule has 0 atom stereocenters. The van der Waals surface area contributed by atoms with E-state index in [1.54, 1.807) is 0 Å². The Labute approximate surface area is 85.4 Å². The molecule has 0 aliphatic heterocycles. The van der Waals surface area contributed by atoms with E-state index in [-0.39, 0.29) is 5.88 Å². The number of aromatic hydroxyl groups is 2. The molecule has 0 unspecified atom stereocenters. The highest BCUT2D eigenvalue weighted by atomic mass is 35.5. The third-order valence-electron chi connectivity index (χ3n) is 1.31. The highest BCUT2D eigenvalue weighted by molar-refractivity contribution is 7.86. The Morgan fingerprint density at radius 1 is 1.36 bits per heavy atom. The summed E-state index contributed by atoms with van der Waals surface area (Å²) in [6, 6.07) is 2.18. The molecule has 0 bridgehead atoms. The van der Waals surface area contributed by atoms with Crippen molar-refractivity contribution in [2.45, 2.75) is 0 Å². The van der Waals surface area contributed by atoms with Crippen LogP contribution in [0.2, 0.25) is 0 Å². The number of alkyl halides is 1. The monoisotopic (exact) mass is 241 g/mol. The summed E-state index contributed by atoms with van der Waals surface area (Å²) < 4.78 is 26.8. The largest absolute Gasteiger partial charge is 0.492 e. The van der Waals surface area contributed by atoms with Crippen LogP contribution in [-0.2, 0) is 10.1 Å². The van der Waals surface area contributed by atoms with Gasteiger partial charge in [0, 0.05) is 18.0 Å². The van der Waals surface area contributed by atoms with Crippen LogP contribution < -0.4 is 4.28 Å². The molecule has 0 spiro atoms. The fourth-order valence-corrected chi connectivity index (χ4v) is 1.93. The molecule has 8 heteroatoms. The van der Waals surface area contributed by atoms with Crippen molar-refractivity contribution in [2.24, 2.45) is 0 Å². The minimum Gasteiger partial charge on any atom is -0.492 e. The van der Waals surface area contributed by atoms with Gasteiger partial charge in [-0.05, 0) is 0 Å². The van der Waals surface area contributed by atoms with Gasteiger partial charge in [-0.25, -0.2) is 0 Å². The zero-order chi connectivity index (χ0) is 10.8. The summed E-state index contributed by atoms with van der Waals surface area (Å²) in [4.78, 5) is 0. The molecule has 1 heterocycles. The molecule has 14 heavy (non-hydrogen) atoms. The molecule has 0 amide bonds. The fraction of sp³-hybridized carbons (Fsp3) is 0.333. The molecule has 1 aromatic heterocycles. The number of aromatic nitrogens is 1. The summed E-state index contributed by atoms with van der Waals surface area (Å²) in [5.74, 6) is -1.57. The van der Waals surface area contributed by atoms with E-state index in [1.165, 1.54) is 0 Å². The summed E-state index contributed by atoms with van der Waals surface area (Å²) in [6.07, 6.45) is 0. The second-order valence-electron chi connectivity index (χ2n) is 2.37. The van der Waals surface area contributed by atoms with Gasteiger partial charge in [0.2, 0.25) is 11.8 Å². The summed E-state index contributed by atoms with van der Waals surface area (Å²) >= 11 is 5.21. The van der Waals surface area contributed by atoms with Crippen molar-refractivity contribution in [2.75, 3.05) is 11.6 Å². The van der Waals surface area contributed by atoms with Gasteiger partial charge in [-0.15, -0.1) is 11.6 Å². The number of rotatable bonds is 4. The predicted molar refractivity (Wildman–Crippen MR) is 48.8 cm³/mol. The minimum atomic E-state index is -3.89.